The van der Waals surface area contributed by atoms with Gasteiger partial charge in [0.25, 0.3) is 0 Å². The predicted molar refractivity (Wildman–Crippen MR) is 42.9 cm³/mol. The van der Waals surface area contributed by atoms with E-state index in [2.05, 4.69) is 4.74 Å². The fraction of sp³-hybridized carbons (Fsp3) is 0.778. The third-order valence-corrected chi connectivity index (χ3v) is 3.45. The summed E-state index contributed by atoms with van der Waals surface area (Å²) in [5.41, 5.74) is -0.780. The highest BCUT2D eigenvalue weighted by atomic mass is 16.5. The van der Waals surface area contributed by atoms with E-state index in [-0.39, 0.29) is 5.97 Å². The minimum absolute atomic E-state index is 0.359. The largest absolute Gasteiger partial charge is 0.481 e. The van der Waals surface area contributed by atoms with E-state index in [0.29, 0.717) is 25.2 Å². The molecule has 0 spiro atoms. The standard InChI is InChI=1S/C9H12O4/c1-13-7(10)6-2-5-3-9(6,4-5)8(11)12/h5-6H,2-4H2,1H3,(H,11,12). The summed E-state index contributed by atoms with van der Waals surface area (Å²) in [6.45, 7) is 0. The maximum Gasteiger partial charge on any atom is 0.310 e. The summed E-state index contributed by atoms with van der Waals surface area (Å²) in [5, 5.41) is 9.02. The molecule has 1 unspecified atom stereocenters. The molecule has 0 aliphatic heterocycles. The summed E-state index contributed by atoms with van der Waals surface area (Å²) >= 11 is 0. The topological polar surface area (TPSA) is 63.6 Å². The summed E-state index contributed by atoms with van der Waals surface area (Å²) < 4.78 is 4.60. The Morgan fingerprint density at radius 2 is 2.08 bits per heavy atom. The van der Waals surface area contributed by atoms with Crippen LogP contribution in [0.1, 0.15) is 19.3 Å². The second kappa shape index (κ2) is 2.47. The van der Waals surface area contributed by atoms with Crippen molar-refractivity contribution in [2.45, 2.75) is 19.3 Å². The molecule has 3 aliphatic rings. The molecule has 2 bridgehead atoms. The van der Waals surface area contributed by atoms with Crippen molar-refractivity contribution in [3.8, 4) is 0 Å². The van der Waals surface area contributed by atoms with Crippen LogP contribution in [0.4, 0.5) is 0 Å². The lowest BCUT2D eigenvalue weighted by Gasteiger charge is -2.35. The Morgan fingerprint density at radius 3 is 2.54 bits per heavy atom. The molecule has 0 amide bonds. The average molecular weight is 184 g/mol. The molecule has 3 saturated carbocycles. The van der Waals surface area contributed by atoms with Crippen LogP contribution in [0.15, 0.2) is 0 Å². The first-order valence-corrected chi connectivity index (χ1v) is 4.41. The van der Waals surface area contributed by atoms with Crippen molar-refractivity contribution in [2.24, 2.45) is 17.3 Å². The van der Waals surface area contributed by atoms with E-state index >= 15 is 0 Å². The molecular weight excluding hydrogens is 172 g/mol. The minimum Gasteiger partial charge on any atom is -0.481 e. The van der Waals surface area contributed by atoms with Crippen LogP contribution in [0.2, 0.25) is 0 Å². The Hall–Kier alpha value is -1.06. The van der Waals surface area contributed by atoms with Gasteiger partial charge in [-0.25, -0.2) is 0 Å². The van der Waals surface area contributed by atoms with Crippen LogP contribution in [0.25, 0.3) is 0 Å². The first-order valence-electron chi connectivity index (χ1n) is 4.41. The zero-order valence-corrected chi connectivity index (χ0v) is 7.45. The van der Waals surface area contributed by atoms with Gasteiger partial charge in [0.05, 0.1) is 18.4 Å². The number of methoxy groups -OCH3 is 1. The molecule has 1 N–H and O–H groups in total. The molecule has 0 saturated heterocycles. The number of ether oxygens (including phenoxy) is 1. The molecular formula is C9H12O4. The summed E-state index contributed by atoms with van der Waals surface area (Å²) in [5.74, 6) is -1.17. The van der Waals surface area contributed by atoms with Crippen LogP contribution in [-0.2, 0) is 14.3 Å². The summed E-state index contributed by atoms with van der Waals surface area (Å²) in [6.07, 6.45) is 2.00. The second-order valence-electron chi connectivity index (χ2n) is 4.05. The molecule has 13 heavy (non-hydrogen) atoms. The molecule has 0 heterocycles. The molecule has 3 fully saturated rings. The number of fused-ring (bicyclic) bond motifs is 1. The van der Waals surface area contributed by atoms with Gasteiger partial charge in [0.2, 0.25) is 0 Å². The van der Waals surface area contributed by atoms with Gasteiger partial charge in [-0.2, -0.15) is 0 Å². The average Bonchev–Trinajstić information content (AvgIpc) is 2.55. The predicted octanol–water partition coefficient (Wildman–Crippen LogP) is 0.660. The summed E-state index contributed by atoms with van der Waals surface area (Å²) in [6, 6.07) is 0. The van der Waals surface area contributed by atoms with Gasteiger partial charge in [0.15, 0.2) is 0 Å². The number of hydrogen-bond acceptors (Lipinski definition) is 3. The van der Waals surface area contributed by atoms with Crippen molar-refractivity contribution in [3.05, 3.63) is 0 Å². The van der Waals surface area contributed by atoms with Crippen molar-refractivity contribution in [1.82, 2.24) is 0 Å². The molecule has 4 heteroatoms. The molecule has 4 nitrogen and oxygen atoms in total. The van der Waals surface area contributed by atoms with Gasteiger partial charge in [0, 0.05) is 0 Å². The molecule has 0 radical (unpaired) electrons. The Bertz CT molecular complexity index is 265. The number of carboxylic acids is 1. The Kier molecular flexibility index (Phi) is 1.62. The van der Waals surface area contributed by atoms with Gasteiger partial charge in [-0.05, 0) is 25.2 Å². The normalized spacial score (nSPS) is 41.0. The second-order valence-corrected chi connectivity index (χ2v) is 4.05. The Balaban J connectivity index is 2.22. The van der Waals surface area contributed by atoms with Crippen LogP contribution < -0.4 is 0 Å². The van der Waals surface area contributed by atoms with Crippen LogP contribution in [0, 0.1) is 17.3 Å². The lowest BCUT2D eigenvalue weighted by molar-refractivity contribution is -0.165. The summed E-state index contributed by atoms with van der Waals surface area (Å²) in [4.78, 5) is 22.3. The highest BCUT2D eigenvalue weighted by Crippen LogP contribution is 2.62. The number of carbonyl (C=O) groups is 2. The van der Waals surface area contributed by atoms with Gasteiger partial charge >= 0.3 is 11.9 Å². The number of aliphatic carboxylic acids is 1. The first-order chi connectivity index (χ1) is 6.10. The quantitative estimate of drug-likeness (QED) is 0.640. The number of carbonyl (C=O) groups excluding carboxylic acids is 1. The lowest BCUT2D eigenvalue weighted by atomic mass is 9.67. The van der Waals surface area contributed by atoms with E-state index < -0.39 is 17.3 Å². The number of rotatable bonds is 2. The van der Waals surface area contributed by atoms with Gasteiger partial charge < -0.3 is 9.84 Å². The molecule has 3 rings (SSSR count). The van der Waals surface area contributed by atoms with E-state index in [1.807, 2.05) is 0 Å². The molecule has 3 aliphatic carbocycles. The highest BCUT2D eigenvalue weighted by molar-refractivity contribution is 5.86. The Labute approximate surface area is 75.9 Å². The van der Waals surface area contributed by atoms with Crippen molar-refractivity contribution in [3.63, 3.8) is 0 Å². The fourth-order valence-electron chi connectivity index (χ4n) is 2.77. The molecule has 0 aromatic heterocycles. The zero-order chi connectivity index (χ0) is 9.64. The molecule has 0 aromatic carbocycles. The lowest BCUT2D eigenvalue weighted by Crippen LogP contribution is -2.42. The van der Waals surface area contributed by atoms with Gasteiger partial charge in [-0.3, -0.25) is 9.59 Å². The zero-order valence-electron chi connectivity index (χ0n) is 7.45. The smallest absolute Gasteiger partial charge is 0.310 e. The third-order valence-electron chi connectivity index (χ3n) is 3.45. The monoisotopic (exact) mass is 184 g/mol. The van der Waals surface area contributed by atoms with Crippen LogP contribution >= 0.6 is 0 Å². The van der Waals surface area contributed by atoms with Gasteiger partial charge in [-0.15, -0.1) is 0 Å². The van der Waals surface area contributed by atoms with Crippen LogP contribution in [-0.4, -0.2) is 24.2 Å². The highest BCUT2D eigenvalue weighted by Gasteiger charge is 2.64. The maximum absolute atomic E-state index is 11.3. The van der Waals surface area contributed by atoms with Gasteiger partial charge in [-0.1, -0.05) is 0 Å². The van der Waals surface area contributed by atoms with E-state index in [1.165, 1.54) is 7.11 Å². The van der Waals surface area contributed by atoms with Crippen molar-refractivity contribution < 1.29 is 19.4 Å². The number of hydrogen-bond donors (Lipinski definition) is 1. The molecule has 0 aromatic rings. The van der Waals surface area contributed by atoms with E-state index in [4.69, 9.17) is 5.11 Å². The van der Waals surface area contributed by atoms with Crippen LogP contribution in [0.3, 0.4) is 0 Å². The van der Waals surface area contributed by atoms with Crippen molar-refractivity contribution in [2.75, 3.05) is 7.11 Å². The summed E-state index contributed by atoms with van der Waals surface area (Å²) in [7, 11) is 1.31. The maximum atomic E-state index is 11.3. The fourth-order valence-corrected chi connectivity index (χ4v) is 2.77. The first kappa shape index (κ1) is 8.53. The third kappa shape index (κ3) is 0.913. The van der Waals surface area contributed by atoms with Gasteiger partial charge in [0.1, 0.15) is 0 Å². The van der Waals surface area contributed by atoms with Crippen molar-refractivity contribution >= 4 is 11.9 Å². The SMILES string of the molecule is COC(=O)C1CC2CC1(C(=O)O)C2. The molecule has 1 atom stereocenters. The molecule has 72 valence electrons. The Morgan fingerprint density at radius 1 is 1.46 bits per heavy atom. The van der Waals surface area contributed by atoms with E-state index in [1.54, 1.807) is 0 Å². The van der Waals surface area contributed by atoms with E-state index in [0.717, 1.165) is 0 Å². The number of carboxylic acid groups (broad SMARTS) is 1. The number of esters is 1. The minimum atomic E-state index is -0.836. The van der Waals surface area contributed by atoms with Crippen molar-refractivity contribution in [1.29, 1.82) is 0 Å². The van der Waals surface area contributed by atoms with Crippen LogP contribution in [0.5, 0.6) is 0 Å². The van der Waals surface area contributed by atoms with E-state index in [9.17, 15) is 9.59 Å².